The van der Waals surface area contributed by atoms with Crippen LogP contribution >= 0.6 is 0 Å². The highest BCUT2D eigenvalue weighted by Crippen LogP contribution is 2.27. The Hall–Kier alpha value is -3.29. The van der Waals surface area contributed by atoms with Crippen LogP contribution in [0.5, 0.6) is 0 Å². The van der Waals surface area contributed by atoms with Gasteiger partial charge in [0.25, 0.3) is 5.91 Å². The number of carbonyl (C=O) groups excluding carboxylic acids is 2. The molecule has 1 aliphatic heterocycles. The quantitative estimate of drug-likeness (QED) is 0.529. The lowest BCUT2D eigenvalue weighted by Crippen LogP contribution is -2.45. The largest absolute Gasteiger partial charge is 0.352 e. The summed E-state index contributed by atoms with van der Waals surface area (Å²) in [6.07, 6.45) is 0.926. The molecule has 0 atom stereocenters. The van der Waals surface area contributed by atoms with E-state index in [1.807, 2.05) is 55.5 Å². The van der Waals surface area contributed by atoms with Crippen molar-refractivity contribution in [3.05, 3.63) is 59.7 Å². The third-order valence-corrected chi connectivity index (χ3v) is 6.24. The van der Waals surface area contributed by atoms with Crippen LogP contribution in [0.3, 0.4) is 0 Å². The van der Waals surface area contributed by atoms with Crippen molar-refractivity contribution < 1.29 is 9.59 Å². The van der Waals surface area contributed by atoms with E-state index in [1.165, 1.54) is 6.92 Å². The smallest absolute Gasteiger partial charge is 0.252 e. The van der Waals surface area contributed by atoms with Crippen molar-refractivity contribution in [3.63, 3.8) is 0 Å². The van der Waals surface area contributed by atoms with Crippen LogP contribution < -0.4 is 10.6 Å². The summed E-state index contributed by atoms with van der Waals surface area (Å²) < 4.78 is 0. The van der Waals surface area contributed by atoms with E-state index in [4.69, 9.17) is 4.98 Å². The number of aryl methyl sites for hydroxylation is 1. The zero-order chi connectivity index (χ0) is 24.1. The molecule has 2 heterocycles. The van der Waals surface area contributed by atoms with Crippen LogP contribution in [0.4, 0.5) is 5.69 Å². The standard InChI is InChI=1S/C27H33N5O2/c1-19-5-10-25-23(17-19)24(27(34)28-11-4-12-32-15-13-31(3)14-16-32)18-26(30-25)21-6-8-22(9-7-21)29-20(2)33/h5-10,17-18H,4,11-16H2,1-3H3,(H,28,34)(H,29,33). The van der Waals surface area contributed by atoms with Crippen molar-refractivity contribution in [1.82, 2.24) is 20.1 Å². The van der Waals surface area contributed by atoms with Crippen LogP contribution in [0.1, 0.15) is 29.3 Å². The molecule has 0 unspecified atom stereocenters. The lowest BCUT2D eigenvalue weighted by molar-refractivity contribution is -0.114. The third kappa shape index (κ3) is 5.98. The summed E-state index contributed by atoms with van der Waals surface area (Å²) in [7, 11) is 2.16. The molecule has 1 aromatic heterocycles. The van der Waals surface area contributed by atoms with Crippen LogP contribution in [0, 0.1) is 6.92 Å². The Balaban J connectivity index is 1.50. The fraction of sp³-hybridized carbons (Fsp3) is 0.370. The van der Waals surface area contributed by atoms with E-state index in [0.29, 0.717) is 12.1 Å². The van der Waals surface area contributed by atoms with Crippen LogP contribution in [0.25, 0.3) is 22.2 Å². The number of benzene rings is 2. The molecule has 0 bridgehead atoms. The summed E-state index contributed by atoms with van der Waals surface area (Å²) in [5.41, 5.74) is 4.86. The van der Waals surface area contributed by atoms with Crippen LogP contribution in [0.15, 0.2) is 48.5 Å². The molecule has 0 spiro atoms. The van der Waals surface area contributed by atoms with Gasteiger partial charge in [-0.25, -0.2) is 4.98 Å². The number of hydrogen-bond donors (Lipinski definition) is 2. The molecule has 4 rings (SSSR count). The molecule has 1 aliphatic rings. The number of fused-ring (bicyclic) bond motifs is 1. The van der Waals surface area contributed by atoms with Gasteiger partial charge in [-0.1, -0.05) is 23.8 Å². The molecule has 7 nitrogen and oxygen atoms in total. The average molecular weight is 460 g/mol. The predicted octanol–water partition coefficient (Wildman–Crippen LogP) is 3.54. The Morgan fingerprint density at radius 2 is 1.74 bits per heavy atom. The molecule has 1 saturated heterocycles. The van der Waals surface area contributed by atoms with E-state index in [9.17, 15) is 9.59 Å². The topological polar surface area (TPSA) is 77.6 Å². The van der Waals surface area contributed by atoms with Gasteiger partial charge in [-0.2, -0.15) is 0 Å². The van der Waals surface area contributed by atoms with Crippen molar-refractivity contribution in [2.45, 2.75) is 20.3 Å². The molecule has 0 radical (unpaired) electrons. The first-order valence-electron chi connectivity index (χ1n) is 11.9. The molecule has 2 N–H and O–H groups in total. The molecule has 34 heavy (non-hydrogen) atoms. The van der Waals surface area contributed by atoms with Gasteiger partial charge in [0, 0.05) is 56.3 Å². The fourth-order valence-electron chi connectivity index (χ4n) is 4.27. The number of hydrogen-bond acceptors (Lipinski definition) is 5. The minimum Gasteiger partial charge on any atom is -0.352 e. The molecule has 2 amide bonds. The second-order valence-electron chi connectivity index (χ2n) is 9.09. The summed E-state index contributed by atoms with van der Waals surface area (Å²) in [6, 6.07) is 15.4. The molecular weight excluding hydrogens is 426 g/mol. The molecule has 0 aliphatic carbocycles. The summed E-state index contributed by atoms with van der Waals surface area (Å²) in [6.45, 7) is 9.51. The van der Waals surface area contributed by atoms with Crippen molar-refractivity contribution in [2.24, 2.45) is 0 Å². The zero-order valence-corrected chi connectivity index (χ0v) is 20.2. The highest BCUT2D eigenvalue weighted by Gasteiger charge is 2.16. The molecule has 1 fully saturated rings. The number of pyridine rings is 1. The van der Waals surface area contributed by atoms with Gasteiger partial charge in [-0.3, -0.25) is 9.59 Å². The van der Waals surface area contributed by atoms with Gasteiger partial charge in [-0.05, 0) is 57.3 Å². The number of aromatic nitrogens is 1. The minimum absolute atomic E-state index is 0.0764. The number of nitrogens with one attached hydrogen (secondary N) is 2. The second-order valence-corrected chi connectivity index (χ2v) is 9.09. The summed E-state index contributed by atoms with van der Waals surface area (Å²) in [4.78, 5) is 34.1. The zero-order valence-electron chi connectivity index (χ0n) is 20.2. The molecule has 3 aromatic rings. The number of piperazine rings is 1. The fourth-order valence-corrected chi connectivity index (χ4v) is 4.27. The van der Waals surface area contributed by atoms with E-state index >= 15 is 0 Å². The maximum absolute atomic E-state index is 13.2. The molecule has 0 saturated carbocycles. The second kappa shape index (κ2) is 10.8. The summed E-state index contributed by atoms with van der Waals surface area (Å²) in [5.74, 6) is -0.189. The third-order valence-electron chi connectivity index (χ3n) is 6.24. The first-order chi connectivity index (χ1) is 16.4. The molecule has 2 aromatic carbocycles. The minimum atomic E-state index is -0.112. The lowest BCUT2D eigenvalue weighted by Gasteiger charge is -2.32. The lowest BCUT2D eigenvalue weighted by atomic mass is 10.0. The van der Waals surface area contributed by atoms with Crippen LogP contribution in [0.2, 0.25) is 0 Å². The number of rotatable bonds is 7. The number of anilines is 1. The maximum atomic E-state index is 13.2. The summed E-state index contributed by atoms with van der Waals surface area (Å²) >= 11 is 0. The van der Waals surface area contributed by atoms with Crippen molar-refractivity contribution in [3.8, 4) is 11.3 Å². The van der Waals surface area contributed by atoms with Gasteiger partial charge in [-0.15, -0.1) is 0 Å². The average Bonchev–Trinajstić information content (AvgIpc) is 2.82. The molecular formula is C27H33N5O2. The van der Waals surface area contributed by atoms with Crippen molar-refractivity contribution >= 4 is 28.4 Å². The van der Waals surface area contributed by atoms with Gasteiger partial charge in [0.15, 0.2) is 0 Å². The van der Waals surface area contributed by atoms with Gasteiger partial charge in [0.2, 0.25) is 5.91 Å². The Bertz CT molecular complexity index is 1170. The van der Waals surface area contributed by atoms with Crippen molar-refractivity contribution in [1.29, 1.82) is 0 Å². The normalized spacial score (nSPS) is 14.8. The monoisotopic (exact) mass is 459 g/mol. The number of nitrogens with zero attached hydrogens (tertiary/aromatic N) is 3. The van der Waals surface area contributed by atoms with Crippen LogP contribution in [-0.2, 0) is 4.79 Å². The molecule has 7 heteroatoms. The number of likely N-dealkylation sites (N-methyl/N-ethyl adjacent to an activating group) is 1. The van der Waals surface area contributed by atoms with Gasteiger partial charge >= 0.3 is 0 Å². The van der Waals surface area contributed by atoms with Crippen molar-refractivity contribution in [2.75, 3.05) is 51.6 Å². The van der Waals surface area contributed by atoms with Gasteiger partial charge < -0.3 is 20.4 Å². The Morgan fingerprint density at radius 1 is 1.00 bits per heavy atom. The van der Waals surface area contributed by atoms with E-state index in [1.54, 1.807) is 0 Å². The Kier molecular flexibility index (Phi) is 7.55. The summed E-state index contributed by atoms with van der Waals surface area (Å²) in [5, 5.41) is 6.75. The highest BCUT2D eigenvalue weighted by molar-refractivity contribution is 6.07. The first-order valence-corrected chi connectivity index (χ1v) is 11.9. The number of amides is 2. The Labute approximate surface area is 201 Å². The van der Waals surface area contributed by atoms with E-state index in [0.717, 1.165) is 72.6 Å². The SMILES string of the molecule is CC(=O)Nc1ccc(-c2cc(C(=O)NCCCN3CCN(C)CC3)c3cc(C)ccc3n2)cc1. The first kappa shape index (κ1) is 23.9. The maximum Gasteiger partial charge on any atom is 0.252 e. The number of carbonyl (C=O) groups is 2. The van der Waals surface area contributed by atoms with Crippen LogP contribution in [-0.4, -0.2) is 72.9 Å². The van der Waals surface area contributed by atoms with E-state index < -0.39 is 0 Å². The predicted molar refractivity (Wildman–Crippen MR) is 137 cm³/mol. The van der Waals surface area contributed by atoms with E-state index in [2.05, 4.69) is 27.5 Å². The Morgan fingerprint density at radius 3 is 2.44 bits per heavy atom. The van der Waals surface area contributed by atoms with Gasteiger partial charge in [0.05, 0.1) is 16.8 Å². The highest BCUT2D eigenvalue weighted by atomic mass is 16.2. The molecule has 178 valence electrons. The van der Waals surface area contributed by atoms with E-state index in [-0.39, 0.29) is 11.8 Å². The van der Waals surface area contributed by atoms with Gasteiger partial charge in [0.1, 0.15) is 0 Å².